The quantitative estimate of drug-likeness (QED) is 0.848. The molecular formula is C15H18FNS. The minimum atomic E-state index is -0.177. The molecule has 1 unspecified atom stereocenters. The van der Waals surface area contributed by atoms with Crippen LogP contribution >= 0.6 is 11.3 Å². The summed E-state index contributed by atoms with van der Waals surface area (Å²) in [5, 5.41) is 7.78. The Morgan fingerprint density at radius 1 is 1.33 bits per heavy atom. The molecule has 1 heterocycles. The van der Waals surface area contributed by atoms with Gasteiger partial charge in [0.25, 0.3) is 0 Å². The number of thiophene rings is 1. The van der Waals surface area contributed by atoms with Crippen LogP contribution in [0.15, 0.2) is 35.0 Å². The van der Waals surface area contributed by atoms with Crippen molar-refractivity contribution in [2.24, 2.45) is 0 Å². The first-order valence-electron chi connectivity index (χ1n) is 6.24. The van der Waals surface area contributed by atoms with Crippen LogP contribution in [0.25, 0.3) is 0 Å². The third-order valence-electron chi connectivity index (χ3n) is 2.99. The molecule has 1 nitrogen and oxygen atoms in total. The molecule has 0 bridgehead atoms. The lowest BCUT2D eigenvalue weighted by Crippen LogP contribution is -2.23. The van der Waals surface area contributed by atoms with Crippen LogP contribution < -0.4 is 5.32 Å². The van der Waals surface area contributed by atoms with E-state index in [4.69, 9.17) is 0 Å². The van der Waals surface area contributed by atoms with Crippen molar-refractivity contribution < 1.29 is 4.39 Å². The van der Waals surface area contributed by atoms with Gasteiger partial charge in [0.1, 0.15) is 5.82 Å². The standard InChI is InChI=1S/C15H18FNS/c1-3-7-17-15(14-10-18-9-11(14)2)12-5-4-6-13(16)8-12/h4-6,8-10,15,17H,3,7H2,1-2H3. The molecular weight excluding hydrogens is 245 g/mol. The number of nitrogens with one attached hydrogen (secondary N) is 1. The predicted octanol–water partition coefficient (Wildman–Crippen LogP) is 4.28. The average molecular weight is 263 g/mol. The number of halogens is 1. The van der Waals surface area contributed by atoms with Gasteiger partial charge in [0.2, 0.25) is 0 Å². The van der Waals surface area contributed by atoms with E-state index in [0.717, 1.165) is 18.5 Å². The summed E-state index contributed by atoms with van der Waals surface area (Å²) in [6, 6.07) is 6.94. The molecule has 0 amide bonds. The van der Waals surface area contributed by atoms with Crippen LogP contribution in [0.5, 0.6) is 0 Å². The molecule has 0 radical (unpaired) electrons. The van der Waals surface area contributed by atoms with E-state index >= 15 is 0 Å². The molecule has 0 fully saturated rings. The first kappa shape index (κ1) is 13.2. The maximum atomic E-state index is 13.4. The first-order chi connectivity index (χ1) is 8.72. The first-order valence-corrected chi connectivity index (χ1v) is 7.18. The van der Waals surface area contributed by atoms with Gasteiger partial charge < -0.3 is 5.32 Å². The van der Waals surface area contributed by atoms with Gasteiger partial charge in [-0.2, -0.15) is 11.3 Å². The summed E-state index contributed by atoms with van der Waals surface area (Å²) in [6.45, 7) is 5.17. The smallest absolute Gasteiger partial charge is 0.123 e. The molecule has 0 aliphatic heterocycles. The van der Waals surface area contributed by atoms with Crippen LogP contribution in [0, 0.1) is 12.7 Å². The summed E-state index contributed by atoms with van der Waals surface area (Å²) in [5.41, 5.74) is 3.50. The van der Waals surface area contributed by atoms with Crippen LogP contribution in [0.2, 0.25) is 0 Å². The van der Waals surface area contributed by atoms with Crippen molar-refractivity contribution in [3.8, 4) is 0 Å². The molecule has 0 saturated carbocycles. The summed E-state index contributed by atoms with van der Waals surface area (Å²) in [4.78, 5) is 0. The van der Waals surface area contributed by atoms with Gasteiger partial charge in [-0.05, 0) is 59.5 Å². The topological polar surface area (TPSA) is 12.0 Å². The number of aryl methyl sites for hydroxylation is 1. The van der Waals surface area contributed by atoms with Crippen molar-refractivity contribution >= 4 is 11.3 Å². The van der Waals surface area contributed by atoms with E-state index in [2.05, 4.69) is 29.9 Å². The Balaban J connectivity index is 2.33. The zero-order chi connectivity index (χ0) is 13.0. The van der Waals surface area contributed by atoms with E-state index in [1.165, 1.54) is 17.2 Å². The summed E-state index contributed by atoms with van der Waals surface area (Å²) in [7, 11) is 0. The van der Waals surface area contributed by atoms with Gasteiger partial charge in [0, 0.05) is 0 Å². The highest BCUT2D eigenvalue weighted by atomic mass is 32.1. The Kier molecular flexibility index (Phi) is 4.50. The fourth-order valence-corrected chi connectivity index (χ4v) is 2.93. The second kappa shape index (κ2) is 6.12. The Morgan fingerprint density at radius 2 is 2.17 bits per heavy atom. The normalized spacial score (nSPS) is 12.6. The molecule has 1 aromatic carbocycles. The van der Waals surface area contributed by atoms with Crippen molar-refractivity contribution in [1.29, 1.82) is 0 Å². The fraction of sp³-hybridized carbons (Fsp3) is 0.333. The van der Waals surface area contributed by atoms with Crippen LogP contribution in [0.1, 0.15) is 36.1 Å². The van der Waals surface area contributed by atoms with Gasteiger partial charge >= 0.3 is 0 Å². The minimum absolute atomic E-state index is 0.0897. The highest BCUT2D eigenvalue weighted by molar-refractivity contribution is 7.08. The Hall–Kier alpha value is -1.19. The number of hydrogen-bond acceptors (Lipinski definition) is 2. The molecule has 3 heteroatoms. The molecule has 0 aliphatic rings. The molecule has 2 aromatic rings. The van der Waals surface area contributed by atoms with Gasteiger partial charge in [-0.25, -0.2) is 4.39 Å². The maximum Gasteiger partial charge on any atom is 0.123 e. The van der Waals surface area contributed by atoms with E-state index in [9.17, 15) is 4.39 Å². The molecule has 0 aliphatic carbocycles. The van der Waals surface area contributed by atoms with Crippen molar-refractivity contribution in [2.45, 2.75) is 26.3 Å². The number of benzene rings is 1. The van der Waals surface area contributed by atoms with Crippen molar-refractivity contribution in [3.05, 3.63) is 57.5 Å². The van der Waals surface area contributed by atoms with E-state index < -0.39 is 0 Å². The third-order valence-corrected chi connectivity index (χ3v) is 3.87. The molecule has 18 heavy (non-hydrogen) atoms. The maximum absolute atomic E-state index is 13.4. The zero-order valence-electron chi connectivity index (χ0n) is 10.7. The molecule has 1 N–H and O–H groups in total. The van der Waals surface area contributed by atoms with Crippen molar-refractivity contribution in [1.82, 2.24) is 5.32 Å². The Labute approximate surface area is 112 Å². The molecule has 0 spiro atoms. The van der Waals surface area contributed by atoms with E-state index in [1.807, 2.05) is 6.07 Å². The van der Waals surface area contributed by atoms with Gasteiger partial charge in [-0.3, -0.25) is 0 Å². The van der Waals surface area contributed by atoms with Gasteiger partial charge in [0.15, 0.2) is 0 Å². The van der Waals surface area contributed by atoms with Crippen molar-refractivity contribution in [3.63, 3.8) is 0 Å². The van der Waals surface area contributed by atoms with E-state index in [1.54, 1.807) is 23.5 Å². The Bertz CT molecular complexity index is 507. The van der Waals surface area contributed by atoms with Crippen molar-refractivity contribution in [2.75, 3.05) is 6.54 Å². The summed E-state index contributed by atoms with van der Waals surface area (Å²) in [6.07, 6.45) is 1.06. The molecule has 96 valence electrons. The largest absolute Gasteiger partial charge is 0.306 e. The SMILES string of the molecule is CCCNC(c1cccc(F)c1)c1cscc1C. The highest BCUT2D eigenvalue weighted by Gasteiger charge is 2.16. The van der Waals surface area contributed by atoms with Gasteiger partial charge in [0.05, 0.1) is 6.04 Å². The highest BCUT2D eigenvalue weighted by Crippen LogP contribution is 2.27. The predicted molar refractivity (Wildman–Crippen MR) is 75.6 cm³/mol. The van der Waals surface area contributed by atoms with E-state index in [-0.39, 0.29) is 11.9 Å². The second-order valence-electron chi connectivity index (χ2n) is 4.45. The lowest BCUT2D eigenvalue weighted by Gasteiger charge is -2.19. The lowest BCUT2D eigenvalue weighted by molar-refractivity contribution is 0.585. The summed E-state index contributed by atoms with van der Waals surface area (Å²) < 4.78 is 13.4. The fourth-order valence-electron chi connectivity index (χ4n) is 2.05. The summed E-state index contributed by atoms with van der Waals surface area (Å²) in [5.74, 6) is -0.177. The number of hydrogen-bond donors (Lipinski definition) is 1. The lowest BCUT2D eigenvalue weighted by atomic mass is 9.98. The van der Waals surface area contributed by atoms with Crippen LogP contribution in [-0.4, -0.2) is 6.54 Å². The molecule has 1 aromatic heterocycles. The van der Waals surface area contributed by atoms with E-state index in [0.29, 0.717) is 0 Å². The van der Waals surface area contributed by atoms with Crippen LogP contribution in [-0.2, 0) is 0 Å². The van der Waals surface area contributed by atoms with Gasteiger partial charge in [-0.15, -0.1) is 0 Å². The molecule has 1 atom stereocenters. The Morgan fingerprint density at radius 3 is 2.78 bits per heavy atom. The second-order valence-corrected chi connectivity index (χ2v) is 5.20. The third kappa shape index (κ3) is 2.98. The zero-order valence-corrected chi connectivity index (χ0v) is 11.6. The molecule has 2 rings (SSSR count). The summed E-state index contributed by atoms with van der Waals surface area (Å²) >= 11 is 1.69. The molecule has 0 saturated heterocycles. The van der Waals surface area contributed by atoms with Crippen LogP contribution in [0.4, 0.5) is 4.39 Å². The van der Waals surface area contributed by atoms with Gasteiger partial charge in [-0.1, -0.05) is 19.1 Å². The number of rotatable bonds is 5. The van der Waals surface area contributed by atoms with Crippen LogP contribution in [0.3, 0.4) is 0 Å². The monoisotopic (exact) mass is 263 g/mol. The average Bonchev–Trinajstić information content (AvgIpc) is 2.77. The minimum Gasteiger partial charge on any atom is -0.306 e.